The Hall–Kier alpha value is -0.790. The monoisotopic (exact) mass is 411 g/mol. The summed E-state index contributed by atoms with van der Waals surface area (Å²) in [5, 5.41) is 3.68. The van der Waals surface area contributed by atoms with Gasteiger partial charge in [-0.25, -0.2) is 4.98 Å². The Morgan fingerprint density at radius 1 is 1.35 bits per heavy atom. The molecule has 0 aliphatic carbocycles. The highest BCUT2D eigenvalue weighted by Crippen LogP contribution is 2.37. The minimum absolute atomic E-state index is 0.255. The largest absolute Gasteiger partial charge is 0.434 e. The van der Waals surface area contributed by atoms with Crippen molar-refractivity contribution in [2.24, 2.45) is 5.92 Å². The van der Waals surface area contributed by atoms with Crippen LogP contribution in [0.2, 0.25) is 0 Å². The number of alkyl halides is 3. The van der Waals surface area contributed by atoms with Crippen LogP contribution in [0.15, 0.2) is 11.1 Å². The van der Waals surface area contributed by atoms with Crippen molar-refractivity contribution < 1.29 is 13.2 Å². The normalized spacial score (nSPS) is 14.1. The van der Waals surface area contributed by atoms with Crippen LogP contribution in [0, 0.1) is 5.92 Å². The summed E-state index contributed by atoms with van der Waals surface area (Å²) in [6.07, 6.45) is 0.214. The van der Waals surface area contributed by atoms with Crippen molar-refractivity contribution in [1.82, 2.24) is 9.88 Å². The van der Waals surface area contributed by atoms with Gasteiger partial charge in [-0.2, -0.15) is 13.2 Å². The highest BCUT2D eigenvalue weighted by Gasteiger charge is 2.37. The van der Waals surface area contributed by atoms with E-state index in [9.17, 15) is 13.2 Å². The maximum atomic E-state index is 13.4. The number of nitrogens with one attached hydrogen (secondary N) is 1. The van der Waals surface area contributed by atoms with E-state index in [1.807, 2.05) is 6.92 Å². The summed E-state index contributed by atoms with van der Waals surface area (Å²) in [5.74, 6) is 0.568. The van der Waals surface area contributed by atoms with Gasteiger partial charge in [-0.1, -0.05) is 44.9 Å². The maximum absolute atomic E-state index is 13.4. The van der Waals surface area contributed by atoms with Gasteiger partial charge >= 0.3 is 6.18 Å². The van der Waals surface area contributed by atoms with E-state index in [4.69, 9.17) is 11.6 Å². The molecule has 0 saturated carbocycles. The smallest absolute Gasteiger partial charge is 0.357 e. The van der Waals surface area contributed by atoms with Crippen molar-refractivity contribution in [3.63, 3.8) is 0 Å². The lowest BCUT2D eigenvalue weighted by atomic mass is 10.1. The highest BCUT2D eigenvalue weighted by atomic mass is 35.5. The standard InChI is InChI=1S/C18H29ClF3N3S/c1-5-9-25(10-8-13(4)6-2)12-15-16(18(20,21)22)24-17(26-15)23-11-14(19)7-3/h7,13H,5-6,8-12H2,1-4H3,(H,23,24)/b14-7+. The zero-order chi connectivity index (χ0) is 19.7. The van der Waals surface area contributed by atoms with Gasteiger partial charge in [0.15, 0.2) is 10.8 Å². The van der Waals surface area contributed by atoms with Crippen molar-refractivity contribution in [3.8, 4) is 0 Å². The zero-order valence-electron chi connectivity index (χ0n) is 15.9. The molecule has 1 aromatic rings. The van der Waals surface area contributed by atoms with Crippen LogP contribution in [0.25, 0.3) is 0 Å². The Kier molecular flexibility index (Phi) is 9.97. The van der Waals surface area contributed by atoms with Gasteiger partial charge in [-0.05, 0) is 38.8 Å². The Morgan fingerprint density at radius 2 is 2.04 bits per heavy atom. The molecule has 3 nitrogen and oxygen atoms in total. The second-order valence-corrected chi connectivity index (χ2v) is 8.02. The third kappa shape index (κ3) is 7.84. The molecule has 1 rings (SSSR count). The van der Waals surface area contributed by atoms with E-state index < -0.39 is 11.9 Å². The van der Waals surface area contributed by atoms with E-state index in [1.54, 1.807) is 13.0 Å². The lowest BCUT2D eigenvalue weighted by Crippen LogP contribution is -2.27. The quantitative estimate of drug-likeness (QED) is 0.458. The lowest BCUT2D eigenvalue weighted by molar-refractivity contribution is -0.141. The number of thiazole rings is 1. The minimum atomic E-state index is -4.45. The van der Waals surface area contributed by atoms with Crippen LogP contribution in [-0.2, 0) is 12.7 Å². The predicted octanol–water partition coefficient (Wildman–Crippen LogP) is 6.36. The number of nitrogens with zero attached hydrogens (tertiary/aromatic N) is 2. The Balaban J connectivity index is 2.93. The van der Waals surface area contributed by atoms with Gasteiger partial charge in [0.25, 0.3) is 0 Å². The van der Waals surface area contributed by atoms with Crippen molar-refractivity contribution in [1.29, 1.82) is 0 Å². The van der Waals surface area contributed by atoms with Crippen molar-refractivity contribution in [2.45, 2.75) is 59.7 Å². The molecule has 0 radical (unpaired) electrons. The molecular weight excluding hydrogens is 383 g/mol. The van der Waals surface area contributed by atoms with Gasteiger partial charge in [0, 0.05) is 11.6 Å². The SMILES string of the molecule is C/C=C(/Cl)CNc1nc(C(F)(F)F)c(CN(CCC)CCC(C)CC)s1. The minimum Gasteiger partial charge on any atom is -0.357 e. The number of hydrogen-bond donors (Lipinski definition) is 1. The third-order valence-electron chi connectivity index (χ3n) is 4.23. The van der Waals surface area contributed by atoms with E-state index in [-0.39, 0.29) is 23.1 Å². The summed E-state index contributed by atoms with van der Waals surface area (Å²) in [4.78, 5) is 6.14. The van der Waals surface area contributed by atoms with Gasteiger partial charge in [-0.15, -0.1) is 11.3 Å². The first kappa shape index (κ1) is 23.2. The van der Waals surface area contributed by atoms with E-state index in [0.29, 0.717) is 11.0 Å². The molecule has 0 aliphatic heterocycles. The molecule has 1 heterocycles. The second-order valence-electron chi connectivity index (χ2n) is 6.46. The van der Waals surface area contributed by atoms with Crippen molar-refractivity contribution >= 4 is 28.1 Å². The Labute approximate surface area is 163 Å². The first-order chi connectivity index (χ1) is 12.2. The molecule has 0 aromatic carbocycles. The van der Waals surface area contributed by atoms with Gasteiger partial charge in [0.2, 0.25) is 0 Å². The fraction of sp³-hybridized carbons (Fsp3) is 0.722. The van der Waals surface area contributed by atoms with Gasteiger partial charge in [0.1, 0.15) is 0 Å². The first-order valence-corrected chi connectivity index (χ1v) is 10.2. The number of rotatable bonds is 11. The van der Waals surface area contributed by atoms with E-state index in [1.165, 1.54) is 0 Å². The number of aromatic nitrogens is 1. The summed E-state index contributed by atoms with van der Waals surface area (Å²) in [6, 6.07) is 0. The van der Waals surface area contributed by atoms with E-state index >= 15 is 0 Å². The van der Waals surface area contributed by atoms with Crippen LogP contribution >= 0.6 is 22.9 Å². The molecule has 0 fully saturated rings. The molecule has 0 spiro atoms. The zero-order valence-corrected chi connectivity index (χ0v) is 17.5. The average Bonchev–Trinajstić information content (AvgIpc) is 3.00. The molecule has 0 bridgehead atoms. The lowest BCUT2D eigenvalue weighted by Gasteiger charge is -2.23. The maximum Gasteiger partial charge on any atom is 0.434 e. The molecule has 1 aromatic heterocycles. The van der Waals surface area contributed by atoms with Crippen molar-refractivity contribution in [2.75, 3.05) is 25.0 Å². The molecule has 150 valence electrons. The fourth-order valence-electron chi connectivity index (χ4n) is 2.41. The highest BCUT2D eigenvalue weighted by molar-refractivity contribution is 7.15. The third-order valence-corrected chi connectivity index (χ3v) is 5.58. The van der Waals surface area contributed by atoms with Crippen molar-refractivity contribution in [3.05, 3.63) is 21.7 Å². The molecule has 1 atom stereocenters. The number of anilines is 1. The summed E-state index contributed by atoms with van der Waals surface area (Å²) >= 11 is 6.97. The number of allylic oxidation sites excluding steroid dienone is 1. The van der Waals surface area contributed by atoms with Gasteiger partial charge in [-0.3, -0.25) is 4.90 Å². The topological polar surface area (TPSA) is 28.2 Å². The molecular formula is C18H29ClF3N3S. The Morgan fingerprint density at radius 3 is 2.58 bits per heavy atom. The first-order valence-electron chi connectivity index (χ1n) is 9.04. The molecule has 0 aliphatic rings. The van der Waals surface area contributed by atoms with Crippen LogP contribution < -0.4 is 5.32 Å². The molecule has 0 saturated heterocycles. The van der Waals surface area contributed by atoms with Crippen LogP contribution in [0.1, 0.15) is 57.5 Å². The summed E-state index contributed by atoms with van der Waals surface area (Å²) in [7, 11) is 0. The Bertz CT molecular complexity index is 573. The van der Waals surface area contributed by atoms with Crippen LogP contribution in [-0.4, -0.2) is 29.5 Å². The number of halogens is 4. The van der Waals surface area contributed by atoms with Crippen LogP contribution in [0.3, 0.4) is 0 Å². The molecule has 0 amide bonds. The van der Waals surface area contributed by atoms with E-state index in [2.05, 4.69) is 29.0 Å². The average molecular weight is 412 g/mol. The summed E-state index contributed by atoms with van der Waals surface area (Å²) < 4.78 is 40.2. The molecule has 1 unspecified atom stereocenters. The predicted molar refractivity (Wildman–Crippen MR) is 105 cm³/mol. The summed E-state index contributed by atoms with van der Waals surface area (Å²) in [6.45, 7) is 10.2. The van der Waals surface area contributed by atoms with Crippen LogP contribution in [0.5, 0.6) is 0 Å². The van der Waals surface area contributed by atoms with Gasteiger partial charge < -0.3 is 5.32 Å². The number of hydrogen-bond acceptors (Lipinski definition) is 4. The molecule has 26 heavy (non-hydrogen) atoms. The van der Waals surface area contributed by atoms with Gasteiger partial charge in [0.05, 0.1) is 11.4 Å². The molecule has 1 N–H and O–H groups in total. The molecule has 8 heteroatoms. The van der Waals surface area contributed by atoms with Crippen LogP contribution in [0.4, 0.5) is 18.3 Å². The van der Waals surface area contributed by atoms with E-state index in [0.717, 1.165) is 43.7 Å². The fourth-order valence-corrected chi connectivity index (χ4v) is 3.50. The summed E-state index contributed by atoms with van der Waals surface area (Å²) in [5.41, 5.74) is -0.786. The second kappa shape index (κ2) is 11.1.